The van der Waals surface area contributed by atoms with Crippen LogP contribution in [0.1, 0.15) is 19.4 Å². The SMILES string of the molecule is CO[C@@]12C=C[C@]3(CN(c4ccc(C)cc4)CC3C1(C)C)O2. The molecule has 0 aromatic heterocycles. The van der Waals surface area contributed by atoms with Crippen molar-refractivity contribution >= 4 is 5.69 Å². The second-order valence-electron chi connectivity index (χ2n) is 7.25. The lowest BCUT2D eigenvalue weighted by molar-refractivity contribution is -0.216. The Hall–Kier alpha value is -1.32. The first-order chi connectivity index (χ1) is 9.92. The van der Waals surface area contributed by atoms with E-state index in [-0.39, 0.29) is 11.0 Å². The molecule has 3 atom stereocenters. The number of nitrogens with zero attached hydrogens (tertiary/aromatic N) is 1. The fourth-order valence-corrected chi connectivity index (χ4v) is 4.47. The highest BCUT2D eigenvalue weighted by Gasteiger charge is 2.71. The van der Waals surface area contributed by atoms with Gasteiger partial charge in [0, 0.05) is 30.7 Å². The number of rotatable bonds is 2. The van der Waals surface area contributed by atoms with Crippen LogP contribution in [0.15, 0.2) is 36.4 Å². The van der Waals surface area contributed by atoms with Crippen LogP contribution in [-0.4, -0.2) is 31.6 Å². The van der Waals surface area contributed by atoms with Crippen molar-refractivity contribution in [2.24, 2.45) is 11.3 Å². The molecule has 4 rings (SSSR count). The van der Waals surface area contributed by atoms with E-state index in [1.165, 1.54) is 11.3 Å². The number of methoxy groups -OCH3 is 1. The summed E-state index contributed by atoms with van der Waals surface area (Å²) in [6, 6.07) is 8.78. The maximum atomic E-state index is 6.44. The van der Waals surface area contributed by atoms with E-state index in [1.807, 2.05) is 0 Å². The number of benzene rings is 1. The van der Waals surface area contributed by atoms with Crippen LogP contribution in [0.2, 0.25) is 0 Å². The van der Waals surface area contributed by atoms with E-state index in [0.717, 1.165) is 13.1 Å². The van der Waals surface area contributed by atoms with Gasteiger partial charge in [-0.15, -0.1) is 0 Å². The topological polar surface area (TPSA) is 21.7 Å². The summed E-state index contributed by atoms with van der Waals surface area (Å²) in [7, 11) is 1.75. The molecule has 3 aliphatic rings. The van der Waals surface area contributed by atoms with Gasteiger partial charge in [-0.3, -0.25) is 0 Å². The van der Waals surface area contributed by atoms with E-state index >= 15 is 0 Å². The molecule has 2 fully saturated rings. The second kappa shape index (κ2) is 3.90. The van der Waals surface area contributed by atoms with Crippen molar-refractivity contribution in [2.45, 2.75) is 32.2 Å². The third kappa shape index (κ3) is 1.51. The molecule has 3 nitrogen and oxygen atoms in total. The maximum absolute atomic E-state index is 6.44. The molecule has 2 bridgehead atoms. The molecular weight excluding hydrogens is 262 g/mol. The summed E-state index contributed by atoms with van der Waals surface area (Å²) < 4.78 is 12.2. The lowest BCUT2D eigenvalue weighted by atomic mass is 9.66. The first kappa shape index (κ1) is 13.4. The van der Waals surface area contributed by atoms with Crippen molar-refractivity contribution < 1.29 is 9.47 Å². The number of hydrogen-bond donors (Lipinski definition) is 0. The summed E-state index contributed by atoms with van der Waals surface area (Å²) >= 11 is 0. The Bertz CT molecular complexity index is 606. The van der Waals surface area contributed by atoms with Gasteiger partial charge in [0.05, 0.1) is 6.54 Å². The molecule has 3 heterocycles. The Balaban J connectivity index is 1.69. The number of fused-ring (bicyclic) bond motifs is 1. The van der Waals surface area contributed by atoms with Gasteiger partial charge in [0.15, 0.2) is 5.79 Å². The Kier molecular flexibility index (Phi) is 2.48. The zero-order valence-corrected chi connectivity index (χ0v) is 13.2. The van der Waals surface area contributed by atoms with Gasteiger partial charge in [0.1, 0.15) is 5.60 Å². The summed E-state index contributed by atoms with van der Waals surface area (Å²) in [6.07, 6.45) is 4.36. The highest BCUT2D eigenvalue weighted by molar-refractivity contribution is 5.52. The second-order valence-corrected chi connectivity index (χ2v) is 7.25. The van der Waals surface area contributed by atoms with Crippen LogP contribution in [0.3, 0.4) is 0 Å². The van der Waals surface area contributed by atoms with E-state index in [1.54, 1.807) is 7.11 Å². The normalized spacial score (nSPS) is 39.0. The Morgan fingerprint density at radius 1 is 1.19 bits per heavy atom. The summed E-state index contributed by atoms with van der Waals surface area (Å²) in [5, 5.41) is 0. The third-order valence-electron chi connectivity index (χ3n) is 5.83. The van der Waals surface area contributed by atoms with Crippen molar-refractivity contribution in [2.75, 3.05) is 25.1 Å². The minimum absolute atomic E-state index is 0.0179. The summed E-state index contributed by atoms with van der Waals surface area (Å²) in [6.45, 7) is 8.59. The number of aryl methyl sites for hydroxylation is 1. The zero-order chi connectivity index (χ0) is 14.9. The van der Waals surface area contributed by atoms with Crippen molar-refractivity contribution in [1.29, 1.82) is 0 Å². The zero-order valence-electron chi connectivity index (χ0n) is 13.2. The third-order valence-corrected chi connectivity index (χ3v) is 5.83. The molecule has 0 amide bonds. The molecule has 0 aliphatic carbocycles. The fourth-order valence-electron chi connectivity index (χ4n) is 4.47. The molecule has 1 aromatic rings. The molecule has 0 radical (unpaired) electrons. The predicted molar refractivity (Wildman–Crippen MR) is 83.4 cm³/mol. The van der Waals surface area contributed by atoms with Crippen LogP contribution >= 0.6 is 0 Å². The van der Waals surface area contributed by atoms with Crippen LogP contribution in [0.4, 0.5) is 5.69 Å². The summed E-state index contributed by atoms with van der Waals surface area (Å²) in [4.78, 5) is 2.45. The molecule has 3 aliphatic heterocycles. The molecule has 0 saturated carbocycles. The van der Waals surface area contributed by atoms with E-state index in [9.17, 15) is 0 Å². The van der Waals surface area contributed by atoms with Gasteiger partial charge in [-0.25, -0.2) is 0 Å². The van der Waals surface area contributed by atoms with E-state index in [0.29, 0.717) is 5.92 Å². The quantitative estimate of drug-likeness (QED) is 0.779. The molecule has 21 heavy (non-hydrogen) atoms. The van der Waals surface area contributed by atoms with Crippen molar-refractivity contribution in [3.63, 3.8) is 0 Å². The lowest BCUT2D eigenvalue weighted by Gasteiger charge is -2.39. The minimum atomic E-state index is -0.545. The lowest BCUT2D eigenvalue weighted by Crippen LogP contribution is -2.46. The molecule has 112 valence electrons. The van der Waals surface area contributed by atoms with Gasteiger partial charge in [0.25, 0.3) is 0 Å². The highest BCUT2D eigenvalue weighted by Crippen LogP contribution is 2.63. The number of ether oxygens (including phenoxy) is 2. The first-order valence-electron chi connectivity index (χ1n) is 7.70. The van der Waals surface area contributed by atoms with Crippen LogP contribution in [-0.2, 0) is 9.47 Å². The van der Waals surface area contributed by atoms with Gasteiger partial charge in [-0.1, -0.05) is 31.5 Å². The Labute approximate surface area is 126 Å². The van der Waals surface area contributed by atoms with E-state index < -0.39 is 5.79 Å². The van der Waals surface area contributed by atoms with Crippen LogP contribution < -0.4 is 4.90 Å². The van der Waals surface area contributed by atoms with Gasteiger partial charge < -0.3 is 14.4 Å². The Morgan fingerprint density at radius 3 is 2.52 bits per heavy atom. The van der Waals surface area contributed by atoms with Gasteiger partial charge >= 0.3 is 0 Å². The maximum Gasteiger partial charge on any atom is 0.194 e. The first-order valence-corrected chi connectivity index (χ1v) is 7.70. The largest absolute Gasteiger partial charge is 0.368 e. The molecule has 3 heteroatoms. The smallest absolute Gasteiger partial charge is 0.194 e. The monoisotopic (exact) mass is 285 g/mol. The molecule has 1 spiro atoms. The van der Waals surface area contributed by atoms with Gasteiger partial charge in [-0.2, -0.15) is 0 Å². The van der Waals surface area contributed by atoms with E-state index in [4.69, 9.17) is 9.47 Å². The summed E-state index contributed by atoms with van der Waals surface area (Å²) in [5.41, 5.74) is 2.37. The minimum Gasteiger partial charge on any atom is -0.368 e. The number of anilines is 1. The van der Waals surface area contributed by atoms with Gasteiger partial charge in [-0.05, 0) is 31.2 Å². The number of hydrogen-bond acceptors (Lipinski definition) is 3. The van der Waals surface area contributed by atoms with Crippen molar-refractivity contribution in [3.8, 4) is 0 Å². The highest BCUT2D eigenvalue weighted by atomic mass is 16.7. The molecular formula is C18H23NO2. The fraction of sp³-hybridized carbons (Fsp3) is 0.556. The standard InChI is InChI=1S/C18H23NO2/c1-13-5-7-14(8-6-13)19-11-15-16(2,3)18(20-4)10-9-17(15,12-19)21-18/h5-10,15H,11-12H2,1-4H3/t15?,17-,18-/m1/s1. The van der Waals surface area contributed by atoms with Crippen LogP contribution in [0, 0.1) is 18.3 Å². The molecule has 1 unspecified atom stereocenters. The molecule has 1 aromatic carbocycles. The Morgan fingerprint density at radius 2 is 1.90 bits per heavy atom. The van der Waals surface area contributed by atoms with Crippen molar-refractivity contribution in [1.82, 2.24) is 0 Å². The van der Waals surface area contributed by atoms with E-state index in [2.05, 4.69) is 62.1 Å². The van der Waals surface area contributed by atoms with Gasteiger partial charge in [0.2, 0.25) is 0 Å². The summed E-state index contributed by atoms with van der Waals surface area (Å²) in [5.74, 6) is -0.0897. The van der Waals surface area contributed by atoms with Crippen LogP contribution in [0.25, 0.3) is 0 Å². The van der Waals surface area contributed by atoms with Crippen LogP contribution in [0.5, 0.6) is 0 Å². The molecule has 0 N–H and O–H groups in total. The van der Waals surface area contributed by atoms with Crippen molar-refractivity contribution in [3.05, 3.63) is 42.0 Å². The average Bonchev–Trinajstić information content (AvgIpc) is 3.07. The average molecular weight is 285 g/mol. The predicted octanol–water partition coefficient (Wildman–Crippen LogP) is 3.14. The molecule has 2 saturated heterocycles.